The Balaban J connectivity index is 2.48. The van der Waals surface area contributed by atoms with Gasteiger partial charge >= 0.3 is 0 Å². The zero-order valence-corrected chi connectivity index (χ0v) is 11.7. The quantitative estimate of drug-likeness (QED) is 0.721. The predicted octanol–water partition coefficient (Wildman–Crippen LogP) is 3.29. The lowest BCUT2D eigenvalue weighted by atomic mass is 10.0. The molecule has 1 aromatic carbocycles. The molecule has 0 aromatic heterocycles. The van der Waals surface area contributed by atoms with Gasteiger partial charge in [-0.3, -0.25) is 0 Å². The fourth-order valence-corrected chi connectivity index (χ4v) is 1.87. The lowest BCUT2D eigenvalue weighted by Gasteiger charge is -2.15. The van der Waals surface area contributed by atoms with E-state index < -0.39 is 0 Å². The van der Waals surface area contributed by atoms with Crippen LogP contribution in [0.4, 0.5) is 0 Å². The minimum absolute atomic E-state index is 0.0811. The molecule has 2 N–H and O–H groups in total. The van der Waals surface area contributed by atoms with Crippen molar-refractivity contribution in [1.82, 2.24) is 0 Å². The molecule has 1 aromatic rings. The Hall–Kier alpha value is -1.06. The zero-order chi connectivity index (χ0) is 13.4. The number of unbranched alkanes of at least 4 members (excludes halogenated alkanes) is 1. The number of methoxy groups -OCH3 is 1. The molecule has 0 aliphatic carbocycles. The molecule has 0 spiro atoms. The second-order valence-electron chi connectivity index (χ2n) is 4.83. The summed E-state index contributed by atoms with van der Waals surface area (Å²) >= 11 is 0. The number of ether oxygens (including phenoxy) is 2. The van der Waals surface area contributed by atoms with Crippen LogP contribution in [-0.2, 0) is 4.74 Å². The van der Waals surface area contributed by atoms with E-state index in [2.05, 4.69) is 6.07 Å². The van der Waals surface area contributed by atoms with Gasteiger partial charge in [-0.25, -0.2) is 0 Å². The fourth-order valence-electron chi connectivity index (χ4n) is 1.87. The number of hydrogen-bond donors (Lipinski definition) is 1. The fraction of sp³-hybridized carbons (Fsp3) is 0.600. The van der Waals surface area contributed by atoms with Crippen molar-refractivity contribution >= 4 is 0 Å². The molecule has 0 saturated heterocycles. The first kappa shape index (κ1) is 15.0. The average molecular weight is 251 g/mol. The molecule has 18 heavy (non-hydrogen) atoms. The van der Waals surface area contributed by atoms with Crippen LogP contribution in [0.2, 0.25) is 0 Å². The summed E-state index contributed by atoms with van der Waals surface area (Å²) in [5.74, 6) is 0.898. The summed E-state index contributed by atoms with van der Waals surface area (Å²) in [6.45, 7) is 4.86. The smallest absolute Gasteiger partial charge is 0.120 e. The van der Waals surface area contributed by atoms with E-state index in [0.717, 1.165) is 37.2 Å². The average Bonchev–Trinajstić information content (AvgIpc) is 2.34. The highest BCUT2D eigenvalue weighted by atomic mass is 16.5. The highest BCUT2D eigenvalue weighted by Gasteiger charge is 2.07. The number of rotatable bonds is 8. The van der Waals surface area contributed by atoms with Gasteiger partial charge in [0.15, 0.2) is 0 Å². The molecule has 0 radical (unpaired) electrons. The van der Waals surface area contributed by atoms with Crippen LogP contribution in [0.25, 0.3) is 0 Å². The molecule has 0 heterocycles. The van der Waals surface area contributed by atoms with Gasteiger partial charge in [-0.2, -0.15) is 0 Å². The van der Waals surface area contributed by atoms with Crippen LogP contribution in [0.5, 0.6) is 5.75 Å². The summed E-state index contributed by atoms with van der Waals surface area (Å²) in [4.78, 5) is 0. The summed E-state index contributed by atoms with van der Waals surface area (Å²) in [6, 6.07) is 8.16. The van der Waals surface area contributed by atoms with Crippen molar-refractivity contribution in [1.29, 1.82) is 0 Å². The molecule has 1 unspecified atom stereocenters. The summed E-state index contributed by atoms with van der Waals surface area (Å²) in [7, 11) is 1.73. The van der Waals surface area contributed by atoms with Crippen LogP contribution in [-0.4, -0.2) is 19.8 Å². The van der Waals surface area contributed by atoms with Crippen LogP contribution in [0, 0.1) is 0 Å². The van der Waals surface area contributed by atoms with Crippen LogP contribution < -0.4 is 10.5 Å². The lowest BCUT2D eigenvalue weighted by Crippen LogP contribution is -2.11. The van der Waals surface area contributed by atoms with Gasteiger partial charge in [-0.05, 0) is 50.8 Å². The Morgan fingerprint density at radius 1 is 1.22 bits per heavy atom. The molecule has 0 bridgehead atoms. The lowest BCUT2D eigenvalue weighted by molar-refractivity contribution is 0.191. The van der Waals surface area contributed by atoms with Crippen molar-refractivity contribution < 1.29 is 9.47 Å². The normalized spacial score (nSPS) is 12.7. The molecule has 1 rings (SSSR count). The summed E-state index contributed by atoms with van der Waals surface area (Å²) in [6.07, 6.45) is 3.32. The van der Waals surface area contributed by atoms with Crippen molar-refractivity contribution in [2.75, 3.05) is 13.7 Å². The van der Waals surface area contributed by atoms with Crippen LogP contribution in [0.1, 0.15) is 44.7 Å². The Kier molecular flexibility index (Phi) is 6.76. The van der Waals surface area contributed by atoms with E-state index in [1.807, 2.05) is 32.0 Å². The van der Waals surface area contributed by atoms with Gasteiger partial charge in [0, 0.05) is 19.8 Å². The summed E-state index contributed by atoms with van der Waals surface area (Å²) in [5.41, 5.74) is 7.32. The summed E-state index contributed by atoms with van der Waals surface area (Å²) in [5, 5.41) is 0. The third kappa shape index (κ3) is 5.52. The van der Waals surface area contributed by atoms with Crippen LogP contribution in [0.3, 0.4) is 0 Å². The monoisotopic (exact) mass is 251 g/mol. The maximum absolute atomic E-state index is 6.18. The van der Waals surface area contributed by atoms with Crippen molar-refractivity contribution in [2.24, 2.45) is 5.73 Å². The van der Waals surface area contributed by atoms with Gasteiger partial charge in [0.1, 0.15) is 5.75 Å². The van der Waals surface area contributed by atoms with Gasteiger partial charge in [-0.15, -0.1) is 0 Å². The number of nitrogens with two attached hydrogens (primary N) is 1. The van der Waals surface area contributed by atoms with E-state index in [1.54, 1.807) is 7.11 Å². The third-order valence-corrected chi connectivity index (χ3v) is 2.77. The maximum atomic E-state index is 6.18. The molecule has 3 nitrogen and oxygen atoms in total. The first-order chi connectivity index (χ1) is 8.63. The Bertz CT molecular complexity index is 339. The molecule has 0 aliphatic heterocycles. The Labute approximate surface area is 110 Å². The van der Waals surface area contributed by atoms with Crippen molar-refractivity contribution in [3.63, 3.8) is 0 Å². The first-order valence-corrected chi connectivity index (χ1v) is 6.64. The van der Waals surface area contributed by atoms with Gasteiger partial charge < -0.3 is 15.2 Å². The second kappa shape index (κ2) is 8.11. The minimum atomic E-state index is 0.0811. The standard InChI is InChI=1S/C15H25NO2/c1-12(2)18-14-8-6-7-13(11-14)15(16)9-4-5-10-17-3/h6-8,11-12,15H,4-5,9-10,16H2,1-3H3. The number of hydrogen-bond acceptors (Lipinski definition) is 3. The Morgan fingerprint density at radius 2 is 2.00 bits per heavy atom. The predicted molar refractivity (Wildman–Crippen MR) is 74.9 cm³/mol. The third-order valence-electron chi connectivity index (χ3n) is 2.77. The maximum Gasteiger partial charge on any atom is 0.120 e. The highest BCUT2D eigenvalue weighted by Crippen LogP contribution is 2.22. The van der Waals surface area contributed by atoms with Gasteiger partial charge in [0.05, 0.1) is 6.10 Å². The molecule has 1 atom stereocenters. The molecular weight excluding hydrogens is 226 g/mol. The molecular formula is C15H25NO2. The zero-order valence-electron chi connectivity index (χ0n) is 11.7. The molecule has 102 valence electrons. The molecule has 0 saturated carbocycles. The topological polar surface area (TPSA) is 44.5 Å². The van der Waals surface area contributed by atoms with E-state index in [-0.39, 0.29) is 12.1 Å². The van der Waals surface area contributed by atoms with Crippen molar-refractivity contribution in [3.05, 3.63) is 29.8 Å². The molecule has 0 fully saturated rings. The molecule has 0 aliphatic rings. The van der Waals surface area contributed by atoms with Crippen molar-refractivity contribution in [2.45, 2.75) is 45.3 Å². The number of benzene rings is 1. The van der Waals surface area contributed by atoms with Gasteiger partial charge in [-0.1, -0.05) is 12.1 Å². The van der Waals surface area contributed by atoms with E-state index in [1.165, 1.54) is 0 Å². The van der Waals surface area contributed by atoms with E-state index in [0.29, 0.717) is 0 Å². The molecule has 3 heteroatoms. The van der Waals surface area contributed by atoms with Gasteiger partial charge in [0.25, 0.3) is 0 Å². The highest BCUT2D eigenvalue weighted by molar-refractivity contribution is 5.30. The van der Waals surface area contributed by atoms with Crippen LogP contribution in [0.15, 0.2) is 24.3 Å². The first-order valence-electron chi connectivity index (χ1n) is 6.64. The van der Waals surface area contributed by atoms with Crippen LogP contribution >= 0.6 is 0 Å². The molecule has 0 amide bonds. The minimum Gasteiger partial charge on any atom is -0.491 e. The van der Waals surface area contributed by atoms with Gasteiger partial charge in [0.2, 0.25) is 0 Å². The van der Waals surface area contributed by atoms with Crippen molar-refractivity contribution in [3.8, 4) is 5.75 Å². The van der Waals surface area contributed by atoms with E-state index in [4.69, 9.17) is 15.2 Å². The van der Waals surface area contributed by atoms with E-state index in [9.17, 15) is 0 Å². The summed E-state index contributed by atoms with van der Waals surface area (Å²) < 4.78 is 10.7. The van der Waals surface area contributed by atoms with E-state index >= 15 is 0 Å². The second-order valence-corrected chi connectivity index (χ2v) is 4.83. The SMILES string of the molecule is COCCCCC(N)c1cccc(OC(C)C)c1. The largest absolute Gasteiger partial charge is 0.491 e. The Morgan fingerprint density at radius 3 is 2.67 bits per heavy atom.